The van der Waals surface area contributed by atoms with E-state index in [0.29, 0.717) is 16.3 Å². The Morgan fingerprint density at radius 1 is 1.50 bits per heavy atom. The molecule has 0 radical (unpaired) electrons. The Labute approximate surface area is 118 Å². The molecule has 1 aliphatic heterocycles. The molecule has 1 saturated heterocycles. The molecule has 0 spiro atoms. The third-order valence-electron chi connectivity index (χ3n) is 3.44. The van der Waals surface area contributed by atoms with Gasteiger partial charge < -0.3 is 10.6 Å². The Kier molecular flexibility index (Phi) is 4.12. The van der Waals surface area contributed by atoms with Crippen molar-refractivity contribution in [3.05, 3.63) is 23.4 Å². The SMILES string of the molecule is Cc1ccc(C(N)=S)c(N2CCSC(C)C2C)n1. The minimum Gasteiger partial charge on any atom is -0.389 e. The molecule has 3 nitrogen and oxygen atoms in total. The topological polar surface area (TPSA) is 42.1 Å². The summed E-state index contributed by atoms with van der Waals surface area (Å²) in [6.07, 6.45) is 0. The van der Waals surface area contributed by atoms with E-state index in [2.05, 4.69) is 23.7 Å². The number of pyridine rings is 1. The largest absolute Gasteiger partial charge is 0.389 e. The zero-order chi connectivity index (χ0) is 13.3. The highest BCUT2D eigenvalue weighted by Crippen LogP contribution is 2.30. The quantitative estimate of drug-likeness (QED) is 0.843. The van der Waals surface area contributed by atoms with Gasteiger partial charge in [0.15, 0.2) is 0 Å². The third kappa shape index (κ3) is 2.62. The number of nitrogens with zero attached hydrogens (tertiary/aromatic N) is 2. The summed E-state index contributed by atoms with van der Waals surface area (Å²) in [6, 6.07) is 4.40. The second kappa shape index (κ2) is 5.45. The molecular formula is C13H19N3S2. The van der Waals surface area contributed by atoms with Crippen molar-refractivity contribution in [2.75, 3.05) is 17.2 Å². The smallest absolute Gasteiger partial charge is 0.139 e. The van der Waals surface area contributed by atoms with Gasteiger partial charge >= 0.3 is 0 Å². The van der Waals surface area contributed by atoms with Crippen molar-refractivity contribution in [3.63, 3.8) is 0 Å². The van der Waals surface area contributed by atoms with Crippen LogP contribution in [0.25, 0.3) is 0 Å². The van der Waals surface area contributed by atoms with Crippen LogP contribution in [0.5, 0.6) is 0 Å². The fourth-order valence-corrected chi connectivity index (χ4v) is 3.44. The van der Waals surface area contributed by atoms with Crippen molar-refractivity contribution >= 4 is 34.8 Å². The molecule has 2 rings (SSSR count). The molecule has 2 unspecified atom stereocenters. The molecule has 2 heterocycles. The van der Waals surface area contributed by atoms with Gasteiger partial charge in [0.2, 0.25) is 0 Å². The third-order valence-corrected chi connectivity index (χ3v) is 4.99. The van der Waals surface area contributed by atoms with E-state index in [1.54, 1.807) is 0 Å². The Hall–Kier alpha value is -0.810. The molecule has 1 fully saturated rings. The van der Waals surface area contributed by atoms with E-state index in [9.17, 15) is 0 Å². The average Bonchev–Trinajstić information content (AvgIpc) is 2.32. The van der Waals surface area contributed by atoms with Crippen LogP contribution in [0.15, 0.2) is 12.1 Å². The predicted molar refractivity (Wildman–Crippen MR) is 83.6 cm³/mol. The number of aromatic nitrogens is 1. The van der Waals surface area contributed by atoms with Crippen LogP contribution < -0.4 is 10.6 Å². The maximum absolute atomic E-state index is 5.81. The molecule has 0 bridgehead atoms. The molecule has 5 heteroatoms. The monoisotopic (exact) mass is 281 g/mol. The van der Waals surface area contributed by atoms with Gasteiger partial charge in [0.1, 0.15) is 10.8 Å². The first kappa shape index (κ1) is 13.6. The summed E-state index contributed by atoms with van der Waals surface area (Å²) in [5, 5.41) is 0.597. The molecule has 18 heavy (non-hydrogen) atoms. The summed E-state index contributed by atoms with van der Waals surface area (Å²) < 4.78 is 0. The maximum Gasteiger partial charge on any atom is 0.139 e. The highest BCUT2D eigenvalue weighted by molar-refractivity contribution is 8.00. The number of nitrogens with two attached hydrogens (primary N) is 1. The van der Waals surface area contributed by atoms with Crippen LogP contribution in [0, 0.1) is 6.92 Å². The first-order chi connectivity index (χ1) is 8.50. The summed E-state index contributed by atoms with van der Waals surface area (Å²) in [5.74, 6) is 2.07. The van der Waals surface area contributed by atoms with Crippen LogP contribution in [0.3, 0.4) is 0 Å². The summed E-state index contributed by atoms with van der Waals surface area (Å²) >= 11 is 7.15. The number of thiocarbonyl (C=S) groups is 1. The first-order valence-corrected chi connectivity index (χ1v) is 7.62. The van der Waals surface area contributed by atoms with Crippen molar-refractivity contribution in [3.8, 4) is 0 Å². The Balaban J connectivity index is 2.42. The number of rotatable bonds is 2. The second-order valence-corrected chi connectivity index (χ2v) is 6.62. The van der Waals surface area contributed by atoms with Crippen molar-refractivity contribution in [2.45, 2.75) is 32.1 Å². The lowest BCUT2D eigenvalue weighted by Crippen LogP contribution is -2.46. The zero-order valence-electron chi connectivity index (χ0n) is 11.0. The van der Waals surface area contributed by atoms with Crippen LogP contribution in [0.2, 0.25) is 0 Å². The van der Waals surface area contributed by atoms with E-state index in [1.807, 2.05) is 30.8 Å². The van der Waals surface area contributed by atoms with E-state index < -0.39 is 0 Å². The van der Waals surface area contributed by atoms with E-state index >= 15 is 0 Å². The van der Waals surface area contributed by atoms with E-state index in [-0.39, 0.29) is 0 Å². The van der Waals surface area contributed by atoms with Crippen molar-refractivity contribution < 1.29 is 0 Å². The second-order valence-electron chi connectivity index (χ2n) is 4.70. The lowest BCUT2D eigenvalue weighted by atomic mass is 10.1. The molecule has 98 valence electrons. The van der Waals surface area contributed by atoms with Gasteiger partial charge in [-0.05, 0) is 26.0 Å². The van der Waals surface area contributed by atoms with Crippen molar-refractivity contribution in [1.29, 1.82) is 0 Å². The lowest BCUT2D eigenvalue weighted by Gasteiger charge is -2.39. The normalized spacial score (nSPS) is 24.1. The number of aryl methyl sites for hydroxylation is 1. The molecule has 0 amide bonds. The van der Waals surface area contributed by atoms with Crippen LogP contribution in [0.4, 0.5) is 5.82 Å². The van der Waals surface area contributed by atoms with Crippen molar-refractivity contribution in [1.82, 2.24) is 4.98 Å². The van der Waals surface area contributed by atoms with Crippen molar-refractivity contribution in [2.24, 2.45) is 5.73 Å². The molecule has 1 aliphatic rings. The van der Waals surface area contributed by atoms with Gasteiger partial charge in [-0.25, -0.2) is 4.98 Å². The Morgan fingerprint density at radius 3 is 2.89 bits per heavy atom. The lowest BCUT2D eigenvalue weighted by molar-refractivity contribution is 0.619. The summed E-state index contributed by atoms with van der Waals surface area (Å²) in [5.41, 5.74) is 7.70. The van der Waals surface area contributed by atoms with Crippen LogP contribution in [0.1, 0.15) is 25.1 Å². The molecular weight excluding hydrogens is 262 g/mol. The summed E-state index contributed by atoms with van der Waals surface area (Å²) in [4.78, 5) is 7.41. The van der Waals surface area contributed by atoms with Gasteiger partial charge in [-0.2, -0.15) is 11.8 Å². The van der Waals surface area contributed by atoms with Gasteiger partial charge in [0.05, 0.1) is 5.56 Å². The number of hydrogen-bond acceptors (Lipinski definition) is 4. The average molecular weight is 281 g/mol. The van der Waals surface area contributed by atoms with Gasteiger partial charge in [-0.15, -0.1) is 0 Å². The standard InChI is InChI=1S/C13H19N3S2/c1-8-4-5-11(12(14)17)13(15-8)16-6-7-18-10(3)9(16)2/h4-5,9-10H,6-7H2,1-3H3,(H2,14,17). The highest BCUT2D eigenvalue weighted by Gasteiger charge is 2.28. The molecule has 1 aromatic heterocycles. The van der Waals surface area contributed by atoms with E-state index in [4.69, 9.17) is 18.0 Å². The first-order valence-electron chi connectivity index (χ1n) is 6.16. The molecule has 0 saturated carbocycles. The Morgan fingerprint density at radius 2 is 2.22 bits per heavy atom. The fraction of sp³-hybridized carbons (Fsp3) is 0.538. The summed E-state index contributed by atoms with van der Waals surface area (Å²) in [7, 11) is 0. The predicted octanol–water partition coefficient (Wildman–Crippen LogP) is 2.35. The van der Waals surface area contributed by atoms with Gasteiger partial charge in [0, 0.05) is 29.3 Å². The van der Waals surface area contributed by atoms with E-state index in [1.165, 1.54) is 0 Å². The highest BCUT2D eigenvalue weighted by atomic mass is 32.2. The van der Waals surface area contributed by atoms with Gasteiger partial charge in [-0.3, -0.25) is 0 Å². The molecule has 0 aromatic carbocycles. The van der Waals surface area contributed by atoms with Gasteiger partial charge in [-0.1, -0.05) is 19.1 Å². The maximum atomic E-state index is 5.81. The molecule has 2 atom stereocenters. The Bertz CT molecular complexity index is 462. The molecule has 1 aromatic rings. The number of anilines is 1. The number of hydrogen-bond donors (Lipinski definition) is 1. The number of thioether (sulfide) groups is 1. The zero-order valence-corrected chi connectivity index (χ0v) is 12.6. The minimum absolute atomic E-state index is 0.426. The van der Waals surface area contributed by atoms with Gasteiger partial charge in [0.25, 0.3) is 0 Å². The fourth-order valence-electron chi connectivity index (χ4n) is 2.19. The van der Waals surface area contributed by atoms with Crippen LogP contribution >= 0.6 is 24.0 Å². The minimum atomic E-state index is 0.426. The summed E-state index contributed by atoms with van der Waals surface area (Å²) in [6.45, 7) is 7.50. The van der Waals surface area contributed by atoms with Crippen LogP contribution in [-0.2, 0) is 0 Å². The van der Waals surface area contributed by atoms with E-state index in [0.717, 1.165) is 29.4 Å². The molecule has 2 N–H and O–H groups in total. The molecule has 0 aliphatic carbocycles. The van der Waals surface area contributed by atoms with Crippen LogP contribution in [-0.4, -0.2) is 33.6 Å².